The maximum Gasteiger partial charge on any atom is 0.0726 e. The van der Waals surface area contributed by atoms with Gasteiger partial charge in [-0.1, -0.05) is 18.2 Å². The highest BCUT2D eigenvalue weighted by molar-refractivity contribution is 5.93. The van der Waals surface area contributed by atoms with Crippen molar-refractivity contribution in [2.75, 3.05) is 57.7 Å². The number of rotatable bonds is 8. The number of benzene rings is 1. The van der Waals surface area contributed by atoms with E-state index in [4.69, 9.17) is 10.7 Å². The van der Waals surface area contributed by atoms with Gasteiger partial charge < -0.3 is 20.9 Å². The van der Waals surface area contributed by atoms with Crippen molar-refractivity contribution in [3.05, 3.63) is 35.5 Å². The van der Waals surface area contributed by atoms with E-state index in [0.29, 0.717) is 0 Å². The molecule has 5 heteroatoms. The van der Waals surface area contributed by atoms with E-state index < -0.39 is 0 Å². The first-order chi connectivity index (χ1) is 13.8. The molecule has 1 aromatic heterocycles. The van der Waals surface area contributed by atoms with Gasteiger partial charge in [0.2, 0.25) is 0 Å². The van der Waals surface area contributed by atoms with Crippen LogP contribution in [0.1, 0.15) is 36.9 Å². The average molecular weight is 382 g/mol. The lowest BCUT2D eigenvalue weighted by atomic mass is 9.92. The van der Waals surface area contributed by atoms with Crippen molar-refractivity contribution >= 4 is 16.6 Å². The van der Waals surface area contributed by atoms with Crippen molar-refractivity contribution in [1.29, 1.82) is 0 Å². The number of anilines is 1. The molecular formula is C23H35N5. The van der Waals surface area contributed by atoms with Crippen molar-refractivity contribution in [3.8, 4) is 0 Å². The number of piperazine rings is 1. The van der Waals surface area contributed by atoms with Crippen molar-refractivity contribution in [3.63, 3.8) is 0 Å². The maximum absolute atomic E-state index is 5.63. The zero-order valence-corrected chi connectivity index (χ0v) is 17.1. The Morgan fingerprint density at radius 2 is 1.64 bits per heavy atom. The van der Waals surface area contributed by atoms with Crippen LogP contribution in [0.25, 0.3) is 10.9 Å². The van der Waals surface area contributed by atoms with Crippen molar-refractivity contribution in [2.24, 2.45) is 5.73 Å². The number of nitrogens with one attached hydrogen (secondary N) is 1. The van der Waals surface area contributed by atoms with Crippen LogP contribution < -0.4 is 11.1 Å². The fourth-order valence-electron chi connectivity index (χ4n) is 4.64. The molecule has 2 aromatic rings. The third-order valence-electron chi connectivity index (χ3n) is 6.27. The fraction of sp³-hybridized carbons (Fsp3) is 0.609. The molecule has 1 aliphatic heterocycles. The second-order valence-corrected chi connectivity index (χ2v) is 8.24. The van der Waals surface area contributed by atoms with Crippen LogP contribution in [0.2, 0.25) is 0 Å². The maximum atomic E-state index is 5.63. The molecule has 0 atom stereocenters. The molecule has 0 unspecified atom stereocenters. The molecule has 1 aromatic carbocycles. The molecule has 0 bridgehead atoms. The number of para-hydroxylation sites is 1. The average Bonchev–Trinajstić information content (AvgIpc) is 2.75. The summed E-state index contributed by atoms with van der Waals surface area (Å²) in [5.74, 6) is 0. The Hall–Kier alpha value is -1.69. The number of nitrogens with zero attached hydrogens (tertiary/aromatic N) is 3. The molecule has 1 aliphatic carbocycles. The molecule has 0 spiro atoms. The molecule has 28 heavy (non-hydrogen) atoms. The molecule has 0 saturated carbocycles. The summed E-state index contributed by atoms with van der Waals surface area (Å²) in [6.45, 7) is 8.95. The normalized spacial score (nSPS) is 18.3. The van der Waals surface area contributed by atoms with Gasteiger partial charge in [0.15, 0.2) is 0 Å². The summed E-state index contributed by atoms with van der Waals surface area (Å²) in [4.78, 5) is 10.1. The summed E-state index contributed by atoms with van der Waals surface area (Å²) < 4.78 is 0. The minimum absolute atomic E-state index is 0.805. The molecule has 5 nitrogen and oxygen atoms in total. The first kappa shape index (κ1) is 19.6. The largest absolute Gasteiger partial charge is 0.384 e. The van der Waals surface area contributed by atoms with Gasteiger partial charge in [-0.2, -0.15) is 0 Å². The van der Waals surface area contributed by atoms with Crippen LogP contribution in [0.15, 0.2) is 24.3 Å². The van der Waals surface area contributed by atoms with E-state index in [-0.39, 0.29) is 0 Å². The SMILES string of the molecule is NCCCN1CCN(CCCNc2c3c(nc4ccccc24)CCCC3)CC1. The summed E-state index contributed by atoms with van der Waals surface area (Å²) >= 11 is 0. The Kier molecular flexibility index (Phi) is 6.78. The van der Waals surface area contributed by atoms with Gasteiger partial charge in [0, 0.05) is 49.5 Å². The lowest BCUT2D eigenvalue weighted by molar-refractivity contribution is 0.132. The molecule has 2 aliphatic rings. The molecule has 2 heterocycles. The molecule has 3 N–H and O–H groups in total. The zero-order chi connectivity index (χ0) is 19.2. The number of hydrogen-bond acceptors (Lipinski definition) is 5. The molecule has 1 saturated heterocycles. The number of nitrogens with two attached hydrogens (primary N) is 1. The molecule has 0 amide bonds. The van der Waals surface area contributed by atoms with Gasteiger partial charge in [0.1, 0.15) is 0 Å². The predicted octanol–water partition coefficient (Wildman–Crippen LogP) is 2.88. The van der Waals surface area contributed by atoms with Crippen LogP contribution in [-0.2, 0) is 12.8 Å². The van der Waals surface area contributed by atoms with Crippen molar-refractivity contribution < 1.29 is 0 Å². The van der Waals surface area contributed by atoms with Crippen LogP contribution in [0.3, 0.4) is 0 Å². The smallest absolute Gasteiger partial charge is 0.0726 e. The van der Waals surface area contributed by atoms with E-state index in [2.05, 4.69) is 39.4 Å². The minimum Gasteiger partial charge on any atom is -0.384 e. The number of fused-ring (bicyclic) bond motifs is 2. The third kappa shape index (κ3) is 4.65. The minimum atomic E-state index is 0.805. The van der Waals surface area contributed by atoms with Crippen molar-refractivity contribution in [1.82, 2.24) is 14.8 Å². The quantitative estimate of drug-likeness (QED) is 0.689. The van der Waals surface area contributed by atoms with Gasteiger partial charge in [-0.15, -0.1) is 0 Å². The van der Waals surface area contributed by atoms with E-state index in [1.165, 1.54) is 80.7 Å². The van der Waals surface area contributed by atoms with Gasteiger partial charge in [-0.05, 0) is 69.8 Å². The van der Waals surface area contributed by atoms with E-state index in [0.717, 1.165) is 38.0 Å². The van der Waals surface area contributed by atoms with Crippen molar-refractivity contribution in [2.45, 2.75) is 38.5 Å². The summed E-state index contributed by atoms with van der Waals surface area (Å²) in [7, 11) is 0. The van der Waals surface area contributed by atoms with E-state index in [1.54, 1.807) is 0 Å². The van der Waals surface area contributed by atoms with E-state index >= 15 is 0 Å². The Morgan fingerprint density at radius 3 is 2.43 bits per heavy atom. The van der Waals surface area contributed by atoms with Gasteiger partial charge in [0.25, 0.3) is 0 Å². The summed E-state index contributed by atoms with van der Waals surface area (Å²) in [5, 5.41) is 5.09. The lowest BCUT2D eigenvalue weighted by Crippen LogP contribution is -2.47. The molecular weight excluding hydrogens is 346 g/mol. The van der Waals surface area contributed by atoms with Crippen LogP contribution in [-0.4, -0.2) is 67.1 Å². The molecule has 0 radical (unpaired) electrons. The van der Waals surface area contributed by atoms with Gasteiger partial charge in [0.05, 0.1) is 5.52 Å². The summed E-state index contributed by atoms with van der Waals surface area (Å²) in [6.07, 6.45) is 7.16. The first-order valence-electron chi connectivity index (χ1n) is 11.1. The number of aromatic nitrogens is 1. The van der Waals surface area contributed by atoms with Gasteiger partial charge in [-0.3, -0.25) is 4.98 Å². The first-order valence-corrected chi connectivity index (χ1v) is 11.1. The standard InChI is InChI=1S/C23H35N5/c24-11-5-13-27-15-17-28(18-16-27)14-6-12-25-23-19-7-1-3-9-21(19)26-22-10-4-2-8-20(22)23/h1,3,7,9H,2,4-6,8,10-18,24H2,(H,25,26). The van der Waals surface area contributed by atoms with Crippen LogP contribution in [0.5, 0.6) is 0 Å². The summed E-state index contributed by atoms with van der Waals surface area (Å²) in [6, 6.07) is 8.61. The predicted molar refractivity (Wildman–Crippen MR) is 118 cm³/mol. The van der Waals surface area contributed by atoms with E-state index in [9.17, 15) is 0 Å². The monoisotopic (exact) mass is 381 g/mol. The highest BCUT2D eigenvalue weighted by Crippen LogP contribution is 2.33. The molecule has 152 valence electrons. The zero-order valence-electron chi connectivity index (χ0n) is 17.1. The lowest BCUT2D eigenvalue weighted by Gasteiger charge is -2.34. The Balaban J connectivity index is 1.31. The molecule has 1 fully saturated rings. The highest BCUT2D eigenvalue weighted by atomic mass is 15.3. The molecule has 4 rings (SSSR count). The Bertz CT molecular complexity index is 767. The highest BCUT2D eigenvalue weighted by Gasteiger charge is 2.18. The summed E-state index contributed by atoms with van der Waals surface area (Å²) in [5.41, 5.74) is 10.9. The number of pyridine rings is 1. The van der Waals surface area contributed by atoms with Gasteiger partial charge >= 0.3 is 0 Å². The second-order valence-electron chi connectivity index (χ2n) is 8.24. The van der Waals surface area contributed by atoms with Gasteiger partial charge in [-0.25, -0.2) is 0 Å². The number of aryl methyl sites for hydroxylation is 1. The Labute approximate surface area is 169 Å². The van der Waals surface area contributed by atoms with Crippen LogP contribution >= 0.6 is 0 Å². The third-order valence-corrected chi connectivity index (χ3v) is 6.27. The second kappa shape index (κ2) is 9.68. The van der Waals surface area contributed by atoms with Crippen LogP contribution in [0.4, 0.5) is 5.69 Å². The number of hydrogen-bond donors (Lipinski definition) is 2. The van der Waals surface area contributed by atoms with E-state index in [1.807, 2.05) is 0 Å². The fourth-order valence-corrected chi connectivity index (χ4v) is 4.64. The topological polar surface area (TPSA) is 57.4 Å². The van der Waals surface area contributed by atoms with Crippen LogP contribution in [0, 0.1) is 0 Å². The Morgan fingerprint density at radius 1 is 0.929 bits per heavy atom.